The predicted molar refractivity (Wildman–Crippen MR) is 178 cm³/mol. The number of carbonyl (C=O) groups is 4. The van der Waals surface area contributed by atoms with Crippen molar-refractivity contribution in [3.05, 3.63) is 90.0 Å². The Morgan fingerprint density at radius 1 is 0.812 bits per heavy atom. The van der Waals surface area contributed by atoms with Crippen molar-refractivity contribution < 1.29 is 33.8 Å². The minimum Gasteiger partial charge on any atom is -0.508 e. The van der Waals surface area contributed by atoms with Crippen LogP contribution in [0.1, 0.15) is 31.2 Å². The molecule has 0 radical (unpaired) electrons. The first-order valence-corrected chi connectivity index (χ1v) is 16.5. The quantitative estimate of drug-likeness (QED) is 0.314. The lowest BCUT2D eigenvalue weighted by Gasteiger charge is -2.49. The number of imide groups is 2. The van der Waals surface area contributed by atoms with E-state index in [-0.39, 0.29) is 35.8 Å². The summed E-state index contributed by atoms with van der Waals surface area (Å²) in [5.41, 5.74) is 2.00. The van der Waals surface area contributed by atoms with E-state index in [1.807, 2.05) is 36.4 Å². The SMILES string of the molecule is COc1ccc(O)c(C2C3=CCC4C(=O)N(c5ccc(N6CCOCC6)cc5)C(=O)C4C3CC3C(=O)N(c4ccccc4)C(=O)C32C)c1. The number of morpholine rings is 1. The lowest BCUT2D eigenvalue weighted by Crippen LogP contribution is -2.48. The summed E-state index contributed by atoms with van der Waals surface area (Å²) in [5, 5.41) is 11.3. The van der Waals surface area contributed by atoms with E-state index in [1.54, 1.807) is 43.3 Å². The molecule has 4 amide bonds. The van der Waals surface area contributed by atoms with Gasteiger partial charge in [-0.2, -0.15) is 0 Å². The monoisotopic (exact) mass is 647 g/mol. The maximum absolute atomic E-state index is 14.5. The van der Waals surface area contributed by atoms with E-state index in [9.17, 15) is 24.3 Å². The highest BCUT2D eigenvalue weighted by Crippen LogP contribution is 2.64. The van der Waals surface area contributed by atoms with E-state index in [0.717, 1.165) is 24.4 Å². The molecule has 3 aromatic rings. The number of fused-ring (bicyclic) bond motifs is 4. The molecule has 5 aliphatic rings. The Morgan fingerprint density at radius 3 is 2.21 bits per heavy atom. The van der Waals surface area contributed by atoms with E-state index < -0.39 is 35.0 Å². The minimum absolute atomic E-state index is 0.0290. The van der Waals surface area contributed by atoms with Gasteiger partial charge in [0.1, 0.15) is 11.5 Å². The summed E-state index contributed by atoms with van der Waals surface area (Å²) in [5.74, 6) is -4.08. The van der Waals surface area contributed by atoms with Crippen LogP contribution in [0.4, 0.5) is 17.1 Å². The van der Waals surface area contributed by atoms with Gasteiger partial charge in [-0.25, -0.2) is 4.90 Å². The van der Waals surface area contributed by atoms with Crippen molar-refractivity contribution >= 4 is 40.7 Å². The summed E-state index contributed by atoms with van der Waals surface area (Å²) in [4.78, 5) is 62.1. The zero-order valence-electron chi connectivity index (χ0n) is 26.9. The second kappa shape index (κ2) is 11.3. The molecule has 10 nitrogen and oxygen atoms in total. The maximum atomic E-state index is 14.5. The van der Waals surface area contributed by atoms with Gasteiger partial charge in [0.25, 0.3) is 0 Å². The van der Waals surface area contributed by atoms with Crippen molar-refractivity contribution in [3.63, 3.8) is 0 Å². The second-order valence-corrected chi connectivity index (χ2v) is 13.5. The molecular weight excluding hydrogens is 610 g/mol. The smallest absolute Gasteiger partial charge is 0.241 e. The molecule has 6 unspecified atom stereocenters. The highest BCUT2D eigenvalue weighted by molar-refractivity contribution is 6.25. The largest absolute Gasteiger partial charge is 0.508 e. The Kier molecular flexibility index (Phi) is 7.17. The second-order valence-electron chi connectivity index (χ2n) is 13.5. The third-order valence-electron chi connectivity index (χ3n) is 11.3. The molecule has 0 aromatic heterocycles. The van der Waals surface area contributed by atoms with Crippen LogP contribution in [0.2, 0.25) is 0 Å². The Labute approximate surface area is 278 Å². The molecular formula is C38H37N3O7. The number of hydrogen-bond donors (Lipinski definition) is 1. The molecule has 0 bridgehead atoms. The molecule has 48 heavy (non-hydrogen) atoms. The topological polar surface area (TPSA) is 117 Å². The number of benzene rings is 3. The van der Waals surface area contributed by atoms with Crippen LogP contribution in [0.3, 0.4) is 0 Å². The predicted octanol–water partition coefficient (Wildman–Crippen LogP) is 4.67. The zero-order valence-corrected chi connectivity index (χ0v) is 26.9. The highest BCUT2D eigenvalue weighted by Gasteiger charge is 2.68. The van der Waals surface area contributed by atoms with E-state index in [0.29, 0.717) is 42.3 Å². The third kappa shape index (κ3) is 4.35. The average Bonchev–Trinajstić information content (AvgIpc) is 3.49. The van der Waals surface area contributed by atoms with E-state index in [4.69, 9.17) is 9.47 Å². The number of amides is 4. The number of hydrogen-bond acceptors (Lipinski definition) is 8. The van der Waals surface area contributed by atoms with E-state index in [1.165, 1.54) is 23.0 Å². The molecule has 246 valence electrons. The van der Waals surface area contributed by atoms with E-state index >= 15 is 0 Å². The fraction of sp³-hybridized carbons (Fsp3) is 0.368. The Balaban J connectivity index is 1.20. The molecule has 3 aromatic carbocycles. The number of aromatic hydroxyl groups is 1. The summed E-state index contributed by atoms with van der Waals surface area (Å²) >= 11 is 0. The van der Waals surface area contributed by atoms with Crippen molar-refractivity contribution in [1.82, 2.24) is 0 Å². The number of para-hydroxylation sites is 1. The summed E-state index contributed by atoms with van der Waals surface area (Å²) in [6.07, 6.45) is 2.54. The van der Waals surface area contributed by atoms with Crippen molar-refractivity contribution in [2.45, 2.75) is 25.7 Å². The van der Waals surface area contributed by atoms with Gasteiger partial charge in [-0.3, -0.25) is 24.1 Å². The minimum atomic E-state index is -1.26. The van der Waals surface area contributed by atoms with Gasteiger partial charge in [-0.05, 0) is 80.3 Å². The number of anilines is 3. The summed E-state index contributed by atoms with van der Waals surface area (Å²) in [6.45, 7) is 4.65. The van der Waals surface area contributed by atoms with Gasteiger partial charge in [-0.1, -0.05) is 29.8 Å². The summed E-state index contributed by atoms with van der Waals surface area (Å²) < 4.78 is 11.0. The molecule has 0 spiro atoms. The van der Waals surface area contributed by atoms with Gasteiger partial charge in [-0.15, -0.1) is 0 Å². The normalized spacial score (nSPS) is 29.8. The molecule has 1 saturated carbocycles. The molecule has 3 aliphatic heterocycles. The lowest BCUT2D eigenvalue weighted by molar-refractivity contribution is -0.131. The van der Waals surface area contributed by atoms with Crippen molar-refractivity contribution in [2.75, 3.05) is 48.1 Å². The van der Waals surface area contributed by atoms with Crippen LogP contribution in [0.5, 0.6) is 11.5 Å². The van der Waals surface area contributed by atoms with E-state index in [2.05, 4.69) is 4.90 Å². The standard InChI is InChI=1S/C38H37N3O7/c1-38-30(35(44)41(37(38)46)23-6-4-3-5-7-23)21-28-26(33(38)29-20-25(47-2)12-15-31(29)42)13-14-27-32(28)36(45)40(34(27)43)24-10-8-22(9-11-24)39-16-18-48-19-17-39/h3-13,15,20,27-28,30,32-33,42H,14,16-19,21H2,1-2H3. The fourth-order valence-electron chi connectivity index (χ4n) is 8.96. The Hall–Kier alpha value is -4.96. The number of allylic oxidation sites excluding steroid dienone is 2. The van der Waals surface area contributed by atoms with Crippen LogP contribution in [0.25, 0.3) is 0 Å². The van der Waals surface area contributed by atoms with Gasteiger partial charge < -0.3 is 19.5 Å². The highest BCUT2D eigenvalue weighted by atomic mass is 16.5. The lowest BCUT2D eigenvalue weighted by atomic mass is 9.51. The summed E-state index contributed by atoms with van der Waals surface area (Å²) in [6, 6.07) is 21.2. The number of carbonyl (C=O) groups excluding carboxylic acids is 4. The number of phenols is 1. The molecule has 6 atom stereocenters. The van der Waals surface area contributed by atoms with Crippen LogP contribution < -0.4 is 19.4 Å². The van der Waals surface area contributed by atoms with Crippen LogP contribution in [-0.2, 0) is 23.9 Å². The molecule has 2 aliphatic carbocycles. The molecule has 8 rings (SSSR count). The van der Waals surface area contributed by atoms with Crippen LogP contribution in [0, 0.1) is 29.1 Å². The number of methoxy groups -OCH3 is 1. The number of phenolic OH excluding ortho intramolecular Hbond substituents is 1. The maximum Gasteiger partial charge on any atom is 0.241 e. The van der Waals surface area contributed by atoms with Crippen LogP contribution in [0.15, 0.2) is 84.4 Å². The molecule has 4 fully saturated rings. The van der Waals surface area contributed by atoms with Gasteiger partial charge in [0.15, 0.2) is 0 Å². The molecule has 3 saturated heterocycles. The van der Waals surface area contributed by atoms with Crippen LogP contribution >= 0.6 is 0 Å². The molecule has 1 N–H and O–H groups in total. The summed E-state index contributed by atoms with van der Waals surface area (Å²) in [7, 11) is 1.53. The Bertz CT molecular complexity index is 1850. The van der Waals surface area contributed by atoms with Gasteiger partial charge in [0.05, 0.1) is 54.9 Å². The first-order chi connectivity index (χ1) is 23.2. The van der Waals surface area contributed by atoms with Gasteiger partial charge in [0, 0.05) is 30.3 Å². The van der Waals surface area contributed by atoms with Crippen molar-refractivity contribution in [2.24, 2.45) is 29.1 Å². The number of ether oxygens (including phenoxy) is 2. The zero-order chi connectivity index (χ0) is 33.3. The first-order valence-electron chi connectivity index (χ1n) is 16.5. The van der Waals surface area contributed by atoms with Crippen molar-refractivity contribution in [3.8, 4) is 11.5 Å². The fourth-order valence-corrected chi connectivity index (χ4v) is 8.96. The molecule has 3 heterocycles. The third-order valence-corrected chi connectivity index (χ3v) is 11.3. The van der Waals surface area contributed by atoms with Crippen LogP contribution in [-0.4, -0.2) is 62.1 Å². The van der Waals surface area contributed by atoms with Gasteiger partial charge in [0.2, 0.25) is 23.6 Å². The average molecular weight is 648 g/mol. The van der Waals surface area contributed by atoms with Crippen molar-refractivity contribution in [1.29, 1.82) is 0 Å². The molecule has 10 heteroatoms. The van der Waals surface area contributed by atoms with Gasteiger partial charge >= 0.3 is 0 Å². The number of nitrogens with zero attached hydrogens (tertiary/aromatic N) is 3. The number of rotatable bonds is 5. The first kappa shape index (κ1) is 30.4. The Morgan fingerprint density at radius 2 is 1.50 bits per heavy atom.